The summed E-state index contributed by atoms with van der Waals surface area (Å²) in [5.41, 5.74) is 2.07. The van der Waals surface area contributed by atoms with Crippen molar-refractivity contribution in [3.05, 3.63) is 54.2 Å². The number of benzene rings is 1. The first-order chi connectivity index (χ1) is 12.3. The summed E-state index contributed by atoms with van der Waals surface area (Å²) in [7, 11) is 0. The van der Waals surface area contributed by atoms with Crippen molar-refractivity contribution >= 4 is 16.9 Å². The molecule has 0 atom stereocenters. The number of aromatic nitrogens is 2. The normalized spacial score (nSPS) is 10.7. The number of hydrogen-bond acceptors (Lipinski definition) is 3. The Bertz CT molecular complexity index is 872. The van der Waals surface area contributed by atoms with Crippen LogP contribution in [0.1, 0.15) is 35.6 Å². The van der Waals surface area contributed by atoms with Gasteiger partial charge in [0.1, 0.15) is 5.82 Å². The molecule has 5 heteroatoms. The van der Waals surface area contributed by atoms with Crippen LogP contribution in [0.3, 0.4) is 0 Å². The van der Waals surface area contributed by atoms with Gasteiger partial charge in [0.2, 0.25) is 0 Å². The highest BCUT2D eigenvalue weighted by molar-refractivity contribution is 5.91. The molecule has 0 aliphatic carbocycles. The molecule has 1 amide bonds. The summed E-state index contributed by atoms with van der Waals surface area (Å²) in [6.45, 7) is 1.18. The van der Waals surface area contributed by atoms with Gasteiger partial charge < -0.3 is 14.3 Å². The van der Waals surface area contributed by atoms with Gasteiger partial charge in [0.05, 0.1) is 23.8 Å². The molecule has 0 spiro atoms. The van der Waals surface area contributed by atoms with Crippen molar-refractivity contribution in [1.82, 2.24) is 14.9 Å². The summed E-state index contributed by atoms with van der Waals surface area (Å²) in [6.07, 6.45) is 10.8. The van der Waals surface area contributed by atoms with Gasteiger partial charge in [-0.2, -0.15) is 0 Å². The van der Waals surface area contributed by atoms with Crippen LogP contribution in [0.15, 0.2) is 47.1 Å². The molecule has 0 saturated carbocycles. The zero-order valence-electron chi connectivity index (χ0n) is 14.1. The standard InChI is InChI=1S/C20H21N3O2/c1-2-14-23-17-10-6-5-9-16(17)22-19(23)12-4-3-7-13-21-20(24)18-11-8-15-25-18/h1,5-6,8-11,15H,3-4,7,12-14H2,(H,21,24). The molecule has 5 nitrogen and oxygen atoms in total. The predicted molar refractivity (Wildman–Crippen MR) is 97.2 cm³/mol. The number of rotatable bonds is 8. The van der Waals surface area contributed by atoms with Gasteiger partial charge in [0, 0.05) is 13.0 Å². The van der Waals surface area contributed by atoms with Gasteiger partial charge in [-0.05, 0) is 37.1 Å². The largest absolute Gasteiger partial charge is 0.459 e. The van der Waals surface area contributed by atoms with Crippen molar-refractivity contribution in [2.24, 2.45) is 0 Å². The molecule has 25 heavy (non-hydrogen) atoms. The summed E-state index contributed by atoms with van der Waals surface area (Å²) in [4.78, 5) is 16.4. The second-order valence-corrected chi connectivity index (χ2v) is 5.85. The van der Waals surface area contributed by atoms with Crippen LogP contribution < -0.4 is 5.32 Å². The van der Waals surface area contributed by atoms with E-state index in [0.29, 0.717) is 18.8 Å². The van der Waals surface area contributed by atoms with Crippen molar-refractivity contribution in [2.75, 3.05) is 6.54 Å². The van der Waals surface area contributed by atoms with Crippen LogP contribution >= 0.6 is 0 Å². The summed E-state index contributed by atoms with van der Waals surface area (Å²) in [6, 6.07) is 11.4. The highest BCUT2D eigenvalue weighted by Crippen LogP contribution is 2.17. The minimum absolute atomic E-state index is 0.166. The van der Waals surface area contributed by atoms with Gasteiger partial charge in [0.25, 0.3) is 5.91 Å². The molecule has 3 aromatic rings. The number of nitrogens with zero attached hydrogens (tertiary/aromatic N) is 2. The third-order valence-corrected chi connectivity index (χ3v) is 4.09. The molecule has 1 N–H and O–H groups in total. The molecular formula is C20H21N3O2. The average molecular weight is 335 g/mol. The summed E-state index contributed by atoms with van der Waals surface area (Å²) in [5, 5.41) is 2.86. The Labute approximate surface area is 147 Å². The zero-order chi connectivity index (χ0) is 17.5. The molecule has 0 unspecified atom stereocenters. The summed E-state index contributed by atoms with van der Waals surface area (Å²) >= 11 is 0. The zero-order valence-corrected chi connectivity index (χ0v) is 14.1. The maximum absolute atomic E-state index is 11.7. The number of hydrogen-bond donors (Lipinski definition) is 1. The minimum atomic E-state index is -0.166. The van der Waals surface area contributed by atoms with Crippen molar-refractivity contribution in [2.45, 2.75) is 32.2 Å². The fraction of sp³-hybridized carbons (Fsp3) is 0.300. The fourth-order valence-corrected chi connectivity index (χ4v) is 2.87. The lowest BCUT2D eigenvalue weighted by Crippen LogP contribution is -2.23. The topological polar surface area (TPSA) is 60.1 Å². The smallest absolute Gasteiger partial charge is 0.286 e. The van der Waals surface area contributed by atoms with Gasteiger partial charge in [-0.3, -0.25) is 4.79 Å². The first kappa shape index (κ1) is 16.8. The Morgan fingerprint density at radius 1 is 1.20 bits per heavy atom. The van der Waals surface area contributed by atoms with Crippen LogP contribution in [0.5, 0.6) is 0 Å². The minimum Gasteiger partial charge on any atom is -0.459 e. The van der Waals surface area contributed by atoms with E-state index in [-0.39, 0.29) is 5.91 Å². The van der Waals surface area contributed by atoms with E-state index in [9.17, 15) is 4.79 Å². The average Bonchev–Trinajstić information content (AvgIpc) is 3.27. The van der Waals surface area contributed by atoms with Gasteiger partial charge in [-0.1, -0.05) is 24.5 Å². The Morgan fingerprint density at radius 2 is 2.08 bits per heavy atom. The molecule has 0 saturated heterocycles. The van der Waals surface area contributed by atoms with Crippen molar-refractivity contribution in [1.29, 1.82) is 0 Å². The van der Waals surface area contributed by atoms with Crippen molar-refractivity contribution in [3.63, 3.8) is 0 Å². The van der Waals surface area contributed by atoms with Crippen LogP contribution in [0.25, 0.3) is 11.0 Å². The molecule has 1 aromatic carbocycles. The molecule has 0 radical (unpaired) electrons. The Hall–Kier alpha value is -3.00. The predicted octanol–water partition coefficient (Wildman–Crippen LogP) is 3.41. The summed E-state index contributed by atoms with van der Waals surface area (Å²) in [5.74, 6) is 3.92. The van der Waals surface area contributed by atoms with Crippen molar-refractivity contribution in [3.8, 4) is 12.3 Å². The third kappa shape index (κ3) is 4.10. The fourth-order valence-electron chi connectivity index (χ4n) is 2.87. The lowest BCUT2D eigenvalue weighted by Gasteiger charge is -2.06. The second-order valence-electron chi connectivity index (χ2n) is 5.85. The molecule has 2 heterocycles. The third-order valence-electron chi connectivity index (χ3n) is 4.09. The van der Waals surface area contributed by atoms with Gasteiger partial charge in [-0.25, -0.2) is 4.98 Å². The SMILES string of the molecule is C#CCn1c(CCCCCNC(=O)c2ccco2)nc2ccccc21. The van der Waals surface area contributed by atoms with E-state index in [4.69, 9.17) is 15.8 Å². The van der Waals surface area contributed by atoms with Gasteiger partial charge in [-0.15, -0.1) is 6.42 Å². The highest BCUT2D eigenvalue weighted by atomic mass is 16.3. The quantitative estimate of drug-likeness (QED) is 0.507. The molecular weight excluding hydrogens is 314 g/mol. The molecule has 0 aliphatic rings. The van der Waals surface area contributed by atoms with E-state index in [1.54, 1.807) is 12.1 Å². The first-order valence-corrected chi connectivity index (χ1v) is 8.49. The molecule has 0 aliphatic heterocycles. The number of aryl methyl sites for hydroxylation is 1. The number of fused-ring (bicyclic) bond motifs is 1. The number of amides is 1. The van der Waals surface area contributed by atoms with Crippen LogP contribution in [0.2, 0.25) is 0 Å². The van der Waals surface area contributed by atoms with E-state index in [2.05, 4.69) is 15.8 Å². The number of furan rings is 1. The van der Waals surface area contributed by atoms with E-state index in [1.807, 2.05) is 24.3 Å². The highest BCUT2D eigenvalue weighted by Gasteiger charge is 2.09. The molecule has 2 aromatic heterocycles. The van der Waals surface area contributed by atoms with Crippen LogP contribution in [-0.4, -0.2) is 22.0 Å². The first-order valence-electron chi connectivity index (χ1n) is 8.49. The number of unbranched alkanes of at least 4 members (excludes halogenated alkanes) is 2. The molecule has 3 rings (SSSR count). The molecule has 0 fully saturated rings. The maximum Gasteiger partial charge on any atom is 0.286 e. The van der Waals surface area contributed by atoms with Crippen LogP contribution in [0.4, 0.5) is 0 Å². The number of imidazole rings is 1. The number of carbonyl (C=O) groups excluding carboxylic acids is 1. The van der Waals surface area contributed by atoms with E-state index in [0.717, 1.165) is 42.5 Å². The lowest BCUT2D eigenvalue weighted by atomic mass is 10.2. The number of nitrogens with one attached hydrogen (secondary N) is 1. The molecule has 0 bridgehead atoms. The van der Waals surface area contributed by atoms with E-state index in [1.165, 1.54) is 6.26 Å². The molecule has 128 valence electrons. The Morgan fingerprint density at radius 3 is 2.88 bits per heavy atom. The lowest BCUT2D eigenvalue weighted by molar-refractivity contribution is 0.0925. The second kappa shape index (κ2) is 8.20. The van der Waals surface area contributed by atoms with E-state index >= 15 is 0 Å². The summed E-state index contributed by atoms with van der Waals surface area (Å²) < 4.78 is 7.16. The van der Waals surface area contributed by atoms with Crippen LogP contribution in [0, 0.1) is 12.3 Å². The van der Waals surface area contributed by atoms with Crippen LogP contribution in [-0.2, 0) is 13.0 Å². The van der Waals surface area contributed by atoms with E-state index < -0.39 is 0 Å². The van der Waals surface area contributed by atoms with Gasteiger partial charge >= 0.3 is 0 Å². The maximum atomic E-state index is 11.7. The number of para-hydroxylation sites is 2. The monoisotopic (exact) mass is 335 g/mol. The van der Waals surface area contributed by atoms with Gasteiger partial charge in [0.15, 0.2) is 5.76 Å². The Kier molecular flexibility index (Phi) is 5.53. The number of carbonyl (C=O) groups is 1. The Balaban J connectivity index is 1.46. The number of terminal acetylenes is 1. The van der Waals surface area contributed by atoms with Crippen molar-refractivity contribution < 1.29 is 9.21 Å².